The van der Waals surface area contributed by atoms with Crippen molar-refractivity contribution in [2.24, 2.45) is 0 Å². The minimum atomic E-state index is -0.186. The highest BCUT2D eigenvalue weighted by Gasteiger charge is 2.05. The molecule has 1 aromatic rings. The van der Waals surface area contributed by atoms with Crippen molar-refractivity contribution in [2.45, 2.75) is 19.4 Å². The van der Waals surface area contributed by atoms with Gasteiger partial charge in [0.1, 0.15) is 5.82 Å². The quantitative estimate of drug-likeness (QED) is 0.808. The summed E-state index contributed by atoms with van der Waals surface area (Å²) in [5.74, 6) is 0.924. The third-order valence-corrected chi connectivity index (χ3v) is 3.58. The fourth-order valence-corrected chi connectivity index (χ4v) is 2.07. The Labute approximate surface area is 109 Å². The second kappa shape index (κ2) is 7.30. The molecule has 0 saturated heterocycles. The lowest BCUT2D eigenvalue weighted by atomic mass is 10.1. The average Bonchev–Trinajstić information content (AvgIpc) is 2.24. The molecule has 0 bridgehead atoms. The summed E-state index contributed by atoms with van der Waals surface area (Å²) in [5, 5.41) is 3.41. The fourth-order valence-electron chi connectivity index (χ4n) is 1.50. The smallest absolute Gasteiger partial charge is 0.137 e. The van der Waals surface area contributed by atoms with Crippen molar-refractivity contribution in [2.75, 3.05) is 18.6 Å². The summed E-state index contributed by atoms with van der Waals surface area (Å²) in [7, 11) is 0. The molecule has 0 fully saturated rings. The number of nitrogens with one attached hydrogen (secondary N) is 1. The highest BCUT2D eigenvalue weighted by molar-refractivity contribution is 9.10. The summed E-state index contributed by atoms with van der Waals surface area (Å²) >= 11 is 4.98. The number of hydrogen-bond donors (Lipinski definition) is 1. The molecule has 1 N–H and O–H groups in total. The summed E-state index contributed by atoms with van der Waals surface area (Å²) < 4.78 is 13.8. The molecule has 4 heteroatoms. The van der Waals surface area contributed by atoms with Gasteiger partial charge in [0.25, 0.3) is 0 Å². The largest absolute Gasteiger partial charge is 0.313 e. The monoisotopic (exact) mass is 305 g/mol. The lowest BCUT2D eigenvalue weighted by Gasteiger charge is -2.13. The molecular formula is C12H17BrFNS. The molecule has 0 aliphatic carbocycles. The molecule has 0 amide bonds. The zero-order valence-electron chi connectivity index (χ0n) is 9.59. The van der Waals surface area contributed by atoms with Gasteiger partial charge in [-0.2, -0.15) is 11.8 Å². The van der Waals surface area contributed by atoms with Crippen molar-refractivity contribution in [1.82, 2.24) is 5.32 Å². The lowest BCUT2D eigenvalue weighted by molar-refractivity contribution is 0.563. The topological polar surface area (TPSA) is 12.0 Å². The second-order valence-corrected chi connectivity index (χ2v) is 5.64. The maximum atomic E-state index is 13.3. The van der Waals surface area contributed by atoms with Crippen LogP contribution in [0.15, 0.2) is 22.7 Å². The lowest BCUT2D eigenvalue weighted by Crippen LogP contribution is -2.30. The van der Waals surface area contributed by atoms with E-state index in [1.807, 2.05) is 17.8 Å². The first-order valence-corrected chi connectivity index (χ1v) is 7.48. The van der Waals surface area contributed by atoms with Crippen molar-refractivity contribution in [1.29, 1.82) is 0 Å². The molecular weight excluding hydrogens is 289 g/mol. The molecule has 0 aliphatic rings. The molecule has 1 aromatic carbocycles. The van der Waals surface area contributed by atoms with Gasteiger partial charge in [-0.25, -0.2) is 4.39 Å². The maximum Gasteiger partial charge on any atom is 0.137 e. The van der Waals surface area contributed by atoms with Gasteiger partial charge in [0.15, 0.2) is 0 Å². The van der Waals surface area contributed by atoms with Gasteiger partial charge in [0.05, 0.1) is 4.47 Å². The Morgan fingerprint density at radius 1 is 1.50 bits per heavy atom. The number of halogens is 2. The van der Waals surface area contributed by atoms with E-state index in [4.69, 9.17) is 0 Å². The summed E-state index contributed by atoms with van der Waals surface area (Å²) in [6.45, 7) is 3.13. The van der Waals surface area contributed by atoms with E-state index in [0.29, 0.717) is 10.5 Å². The first-order chi connectivity index (χ1) is 7.63. The van der Waals surface area contributed by atoms with Gasteiger partial charge in [-0.05, 0) is 53.2 Å². The average molecular weight is 306 g/mol. The summed E-state index contributed by atoms with van der Waals surface area (Å²) in [6, 6.07) is 5.70. The molecule has 1 nitrogen and oxygen atoms in total. The van der Waals surface area contributed by atoms with Crippen LogP contribution in [0.3, 0.4) is 0 Å². The Bertz CT molecular complexity index is 333. The molecule has 1 rings (SSSR count). The van der Waals surface area contributed by atoms with Crippen molar-refractivity contribution in [3.05, 3.63) is 34.1 Å². The van der Waals surface area contributed by atoms with Crippen molar-refractivity contribution < 1.29 is 4.39 Å². The van der Waals surface area contributed by atoms with Crippen LogP contribution in [0.5, 0.6) is 0 Å². The Morgan fingerprint density at radius 3 is 2.88 bits per heavy atom. The van der Waals surface area contributed by atoms with Gasteiger partial charge < -0.3 is 5.32 Å². The number of benzene rings is 1. The molecule has 16 heavy (non-hydrogen) atoms. The van der Waals surface area contributed by atoms with Crippen LogP contribution in [0.1, 0.15) is 12.5 Å². The van der Waals surface area contributed by atoms with E-state index in [1.165, 1.54) is 0 Å². The summed E-state index contributed by atoms with van der Waals surface area (Å²) in [4.78, 5) is 0. The summed E-state index contributed by atoms with van der Waals surface area (Å²) in [6.07, 6.45) is 2.95. The van der Waals surface area contributed by atoms with Crippen LogP contribution in [0.2, 0.25) is 0 Å². The summed E-state index contributed by atoms with van der Waals surface area (Å²) in [5.41, 5.74) is 1.03. The van der Waals surface area contributed by atoms with E-state index in [1.54, 1.807) is 12.1 Å². The van der Waals surface area contributed by atoms with Crippen LogP contribution < -0.4 is 5.32 Å². The van der Waals surface area contributed by atoms with E-state index in [9.17, 15) is 4.39 Å². The van der Waals surface area contributed by atoms with E-state index in [2.05, 4.69) is 34.4 Å². The Morgan fingerprint density at radius 2 is 2.25 bits per heavy atom. The Hall–Kier alpha value is -0.0600. The molecule has 0 aromatic heterocycles. The number of rotatable bonds is 6. The second-order valence-electron chi connectivity index (χ2n) is 3.80. The molecule has 1 unspecified atom stereocenters. The fraction of sp³-hybridized carbons (Fsp3) is 0.500. The van der Waals surface area contributed by atoms with E-state index >= 15 is 0 Å². The van der Waals surface area contributed by atoms with Crippen LogP contribution in [0.25, 0.3) is 0 Å². The van der Waals surface area contributed by atoms with Crippen molar-refractivity contribution in [3.8, 4) is 0 Å². The third-order valence-electron chi connectivity index (χ3n) is 2.32. The maximum absolute atomic E-state index is 13.3. The van der Waals surface area contributed by atoms with Gasteiger partial charge in [-0.3, -0.25) is 0 Å². The highest BCUT2D eigenvalue weighted by atomic mass is 79.9. The predicted octanol–water partition coefficient (Wildman–Crippen LogP) is 3.47. The molecule has 0 saturated carbocycles. The van der Waals surface area contributed by atoms with Gasteiger partial charge in [0.2, 0.25) is 0 Å². The number of thioether (sulfide) groups is 1. The standard InChI is InChI=1S/C12H17BrFNS/c1-9(15-5-6-16-2)7-10-3-4-11(13)12(14)8-10/h3-4,8-9,15H,5-7H2,1-2H3. The minimum absolute atomic E-state index is 0.186. The zero-order valence-corrected chi connectivity index (χ0v) is 12.0. The van der Waals surface area contributed by atoms with Gasteiger partial charge >= 0.3 is 0 Å². The molecule has 0 radical (unpaired) electrons. The van der Waals surface area contributed by atoms with Crippen LogP contribution in [-0.2, 0) is 6.42 Å². The predicted molar refractivity (Wildman–Crippen MR) is 73.7 cm³/mol. The van der Waals surface area contributed by atoms with Gasteiger partial charge in [0, 0.05) is 18.3 Å². The molecule has 90 valence electrons. The van der Waals surface area contributed by atoms with E-state index < -0.39 is 0 Å². The normalized spacial score (nSPS) is 12.8. The molecule has 0 spiro atoms. The van der Waals surface area contributed by atoms with Crippen LogP contribution in [0.4, 0.5) is 4.39 Å². The van der Waals surface area contributed by atoms with Gasteiger partial charge in [-0.15, -0.1) is 0 Å². The van der Waals surface area contributed by atoms with Crippen LogP contribution in [-0.4, -0.2) is 24.6 Å². The van der Waals surface area contributed by atoms with E-state index in [0.717, 1.165) is 24.3 Å². The highest BCUT2D eigenvalue weighted by Crippen LogP contribution is 2.17. The van der Waals surface area contributed by atoms with Crippen LogP contribution in [0, 0.1) is 5.82 Å². The van der Waals surface area contributed by atoms with Crippen molar-refractivity contribution in [3.63, 3.8) is 0 Å². The number of hydrogen-bond acceptors (Lipinski definition) is 2. The first-order valence-electron chi connectivity index (χ1n) is 5.29. The molecule has 1 atom stereocenters. The SMILES string of the molecule is CSCCNC(C)Cc1ccc(Br)c(F)c1. The van der Waals surface area contributed by atoms with E-state index in [-0.39, 0.29) is 5.82 Å². The van der Waals surface area contributed by atoms with Crippen LogP contribution >= 0.6 is 27.7 Å². The van der Waals surface area contributed by atoms with Gasteiger partial charge in [-0.1, -0.05) is 6.07 Å². The minimum Gasteiger partial charge on any atom is -0.313 e. The van der Waals surface area contributed by atoms with Crippen molar-refractivity contribution >= 4 is 27.7 Å². The molecule has 0 aliphatic heterocycles. The first kappa shape index (κ1) is 14.0. The Balaban J connectivity index is 2.43. The third kappa shape index (κ3) is 4.85. The molecule has 0 heterocycles. The Kier molecular flexibility index (Phi) is 6.39. The zero-order chi connectivity index (χ0) is 12.0.